The number of hydrogen-bond acceptors (Lipinski definition) is 3. The smallest absolute Gasteiger partial charge is 0.230 e. The molecule has 2 N–H and O–H groups in total. The lowest BCUT2D eigenvalue weighted by molar-refractivity contribution is -0.122. The summed E-state index contributed by atoms with van der Waals surface area (Å²) in [5.41, 5.74) is 2.98. The molecule has 0 bridgehead atoms. The summed E-state index contributed by atoms with van der Waals surface area (Å²) in [4.78, 5) is 21.9. The van der Waals surface area contributed by atoms with Crippen LogP contribution in [0, 0.1) is 5.92 Å². The van der Waals surface area contributed by atoms with Crippen LogP contribution >= 0.6 is 0 Å². The normalized spacial score (nSPS) is 17.3. The van der Waals surface area contributed by atoms with Gasteiger partial charge in [0.2, 0.25) is 5.91 Å². The van der Waals surface area contributed by atoms with Crippen LogP contribution in [0.4, 0.5) is 5.69 Å². The van der Waals surface area contributed by atoms with Gasteiger partial charge in [0, 0.05) is 30.3 Å². The first-order valence-corrected chi connectivity index (χ1v) is 7.28. The molecule has 5 nitrogen and oxygen atoms in total. The molecule has 5 heteroatoms. The van der Waals surface area contributed by atoms with Crippen molar-refractivity contribution < 1.29 is 9.90 Å². The van der Waals surface area contributed by atoms with Crippen LogP contribution in [0.2, 0.25) is 0 Å². The molecule has 1 unspecified atom stereocenters. The molecule has 21 heavy (non-hydrogen) atoms. The van der Waals surface area contributed by atoms with Gasteiger partial charge in [-0.3, -0.25) is 4.79 Å². The van der Waals surface area contributed by atoms with E-state index in [0.29, 0.717) is 13.0 Å². The number of aliphatic hydroxyl groups is 1. The van der Waals surface area contributed by atoms with Gasteiger partial charge in [0.1, 0.15) is 0 Å². The van der Waals surface area contributed by atoms with Crippen molar-refractivity contribution in [1.82, 2.24) is 9.97 Å². The average molecular weight is 285 g/mol. The van der Waals surface area contributed by atoms with Crippen LogP contribution in [0.15, 0.2) is 36.7 Å². The Morgan fingerprint density at radius 2 is 2.19 bits per heavy atom. The van der Waals surface area contributed by atoms with Gasteiger partial charge in [0.25, 0.3) is 0 Å². The molecule has 3 rings (SSSR count). The second-order valence-electron chi connectivity index (χ2n) is 5.32. The number of aromatic amines is 1. The van der Waals surface area contributed by atoms with Gasteiger partial charge in [0.15, 0.2) is 0 Å². The maximum atomic E-state index is 12.8. The number of imidazole rings is 1. The molecular formula is C16H19N3O2. The van der Waals surface area contributed by atoms with Gasteiger partial charge in [-0.1, -0.05) is 18.2 Å². The maximum absolute atomic E-state index is 12.8. The summed E-state index contributed by atoms with van der Waals surface area (Å²) in [5, 5.41) is 9.26. The molecular weight excluding hydrogens is 266 g/mol. The van der Waals surface area contributed by atoms with E-state index in [1.807, 2.05) is 30.3 Å². The van der Waals surface area contributed by atoms with Crippen LogP contribution in [-0.2, 0) is 17.6 Å². The lowest BCUT2D eigenvalue weighted by Gasteiger charge is -2.28. The van der Waals surface area contributed by atoms with Gasteiger partial charge in [0.05, 0.1) is 18.6 Å². The van der Waals surface area contributed by atoms with Crippen molar-refractivity contribution in [3.63, 3.8) is 0 Å². The van der Waals surface area contributed by atoms with Crippen LogP contribution in [0.3, 0.4) is 0 Å². The predicted molar refractivity (Wildman–Crippen MR) is 80.0 cm³/mol. The second-order valence-corrected chi connectivity index (χ2v) is 5.32. The highest BCUT2D eigenvalue weighted by molar-refractivity contribution is 5.95. The van der Waals surface area contributed by atoms with E-state index in [4.69, 9.17) is 0 Å². The van der Waals surface area contributed by atoms with Crippen LogP contribution < -0.4 is 4.90 Å². The average Bonchev–Trinajstić information content (AvgIpc) is 3.00. The number of carbonyl (C=O) groups is 1. The van der Waals surface area contributed by atoms with Gasteiger partial charge in [-0.05, 0) is 25.0 Å². The number of nitrogens with zero attached hydrogens (tertiary/aromatic N) is 2. The minimum Gasteiger partial charge on any atom is -0.395 e. The Kier molecular flexibility index (Phi) is 4.01. The lowest BCUT2D eigenvalue weighted by Crippen LogP contribution is -2.40. The van der Waals surface area contributed by atoms with Gasteiger partial charge in [-0.25, -0.2) is 4.98 Å². The minimum atomic E-state index is -0.0512. The lowest BCUT2D eigenvalue weighted by atomic mass is 9.88. The molecule has 1 aliphatic rings. The minimum absolute atomic E-state index is 0.0390. The number of H-pyrrole nitrogens is 1. The van der Waals surface area contributed by atoms with E-state index in [9.17, 15) is 9.90 Å². The molecule has 2 aromatic rings. The topological polar surface area (TPSA) is 69.2 Å². The highest BCUT2D eigenvalue weighted by Gasteiger charge is 2.30. The molecule has 0 spiro atoms. The monoisotopic (exact) mass is 285 g/mol. The number of rotatable bonds is 4. The first kappa shape index (κ1) is 13.8. The van der Waals surface area contributed by atoms with E-state index < -0.39 is 0 Å². The Hall–Kier alpha value is -2.14. The summed E-state index contributed by atoms with van der Waals surface area (Å²) < 4.78 is 0. The Morgan fingerprint density at radius 1 is 1.38 bits per heavy atom. The molecule has 1 aromatic heterocycles. The molecule has 1 amide bonds. The number of benzene rings is 1. The van der Waals surface area contributed by atoms with Gasteiger partial charge >= 0.3 is 0 Å². The fraction of sp³-hybridized carbons (Fsp3) is 0.375. The third kappa shape index (κ3) is 2.83. The van der Waals surface area contributed by atoms with Crippen LogP contribution in [0.1, 0.15) is 17.8 Å². The summed E-state index contributed by atoms with van der Waals surface area (Å²) in [7, 11) is 0. The summed E-state index contributed by atoms with van der Waals surface area (Å²) in [6.07, 6.45) is 4.03. The number of carbonyl (C=O) groups excluding carboxylic acids is 1. The zero-order chi connectivity index (χ0) is 14.7. The largest absolute Gasteiger partial charge is 0.395 e. The van der Waals surface area contributed by atoms with Crippen molar-refractivity contribution in [1.29, 1.82) is 0 Å². The Balaban J connectivity index is 1.79. The number of hydrogen-bond donors (Lipinski definition) is 2. The number of anilines is 1. The number of nitrogens with one attached hydrogen (secondary N) is 1. The van der Waals surface area contributed by atoms with Gasteiger partial charge in [-0.15, -0.1) is 0 Å². The van der Waals surface area contributed by atoms with Gasteiger partial charge in [-0.2, -0.15) is 0 Å². The zero-order valence-corrected chi connectivity index (χ0v) is 11.8. The number of para-hydroxylation sites is 1. The second kappa shape index (κ2) is 6.10. The first-order valence-electron chi connectivity index (χ1n) is 7.28. The molecule has 1 atom stereocenters. The van der Waals surface area contributed by atoms with E-state index in [1.165, 1.54) is 0 Å². The van der Waals surface area contributed by atoms with Crippen molar-refractivity contribution in [2.75, 3.05) is 18.1 Å². The Morgan fingerprint density at radius 3 is 2.95 bits per heavy atom. The fourth-order valence-corrected chi connectivity index (χ4v) is 2.91. The summed E-state index contributed by atoms with van der Waals surface area (Å²) in [6.45, 7) is 0.290. The van der Waals surface area contributed by atoms with Crippen molar-refractivity contribution in [3.05, 3.63) is 48.0 Å². The number of amides is 1. The molecule has 1 heterocycles. The zero-order valence-electron chi connectivity index (χ0n) is 11.8. The van der Waals surface area contributed by atoms with Crippen LogP contribution in [0.25, 0.3) is 0 Å². The fourth-order valence-electron chi connectivity index (χ4n) is 2.91. The van der Waals surface area contributed by atoms with Crippen molar-refractivity contribution >= 4 is 11.6 Å². The van der Waals surface area contributed by atoms with Crippen molar-refractivity contribution in [2.45, 2.75) is 19.3 Å². The number of aliphatic hydroxyl groups excluding tert-OH is 1. The van der Waals surface area contributed by atoms with Crippen molar-refractivity contribution in [3.8, 4) is 0 Å². The highest BCUT2D eigenvalue weighted by Crippen LogP contribution is 2.26. The van der Waals surface area contributed by atoms with E-state index in [-0.39, 0.29) is 18.4 Å². The molecule has 1 aromatic carbocycles. The summed E-state index contributed by atoms with van der Waals surface area (Å²) in [6, 6.07) is 9.53. The predicted octanol–water partition coefficient (Wildman–Crippen LogP) is 1.54. The SMILES string of the molecule is O=C(C1CCc2nc[nH]c2C1)N(CCO)c1ccccc1. The first-order chi connectivity index (χ1) is 10.3. The molecule has 0 aliphatic heterocycles. The van der Waals surface area contributed by atoms with E-state index in [1.54, 1.807) is 11.2 Å². The Bertz CT molecular complexity index is 609. The molecule has 0 radical (unpaired) electrons. The van der Waals surface area contributed by atoms with Crippen molar-refractivity contribution in [2.24, 2.45) is 5.92 Å². The third-order valence-corrected chi connectivity index (χ3v) is 3.99. The quantitative estimate of drug-likeness (QED) is 0.895. The molecule has 0 saturated heterocycles. The highest BCUT2D eigenvalue weighted by atomic mass is 16.3. The van der Waals surface area contributed by atoms with Crippen LogP contribution in [-0.4, -0.2) is 34.1 Å². The van der Waals surface area contributed by atoms with E-state index in [0.717, 1.165) is 29.9 Å². The number of aryl methyl sites for hydroxylation is 1. The standard InChI is InChI=1S/C16H19N3O2/c20-9-8-19(13-4-2-1-3-5-13)16(21)12-6-7-14-15(10-12)18-11-17-14/h1-5,11-12,20H,6-10H2,(H,17,18). The summed E-state index contributed by atoms with van der Waals surface area (Å²) >= 11 is 0. The number of aromatic nitrogens is 2. The molecule has 110 valence electrons. The van der Waals surface area contributed by atoms with Crippen LogP contribution in [0.5, 0.6) is 0 Å². The van der Waals surface area contributed by atoms with E-state index >= 15 is 0 Å². The van der Waals surface area contributed by atoms with E-state index in [2.05, 4.69) is 9.97 Å². The summed E-state index contributed by atoms with van der Waals surface area (Å²) in [5.74, 6) is 0.0280. The third-order valence-electron chi connectivity index (χ3n) is 3.99. The maximum Gasteiger partial charge on any atom is 0.230 e. The molecule has 0 fully saturated rings. The number of fused-ring (bicyclic) bond motifs is 1. The molecule has 0 saturated carbocycles. The Labute approximate surface area is 123 Å². The molecule has 1 aliphatic carbocycles. The van der Waals surface area contributed by atoms with Gasteiger partial charge < -0.3 is 15.0 Å².